The third-order valence-electron chi connectivity index (χ3n) is 7.44. The smallest absolute Gasteiger partial charge is 0 e. The Hall–Kier alpha value is -26.0. The third-order valence-corrected chi connectivity index (χ3v) is 7.44. The van der Waals surface area contributed by atoms with Crippen LogP contribution in [-0.4, -0.2) is 0 Å². The molecule has 486 valence electrons. The zero-order valence-electron chi connectivity index (χ0n) is 61.0. The first-order valence-corrected chi connectivity index (χ1v) is 30.2. The molecule has 0 aliphatic rings. The maximum absolute atomic E-state index is 2.63. The van der Waals surface area contributed by atoms with E-state index in [1.54, 1.807) is 13.8 Å². The Morgan fingerprint density at radius 1 is 0.0417 bits per heavy atom. The van der Waals surface area contributed by atoms with Crippen molar-refractivity contribution in [2.45, 2.75) is 13.8 Å². The Bertz CT molecular complexity index is 7960. The van der Waals surface area contributed by atoms with Crippen LogP contribution in [0.25, 0.3) is 0 Å². The van der Waals surface area contributed by atoms with Gasteiger partial charge in [-0.1, -0.05) is 11.8 Å². The van der Waals surface area contributed by atoms with Crippen LogP contribution in [0, 0.1) is 699 Å². The molecule has 0 unspecified atom stereocenters. The van der Waals surface area contributed by atoms with Crippen LogP contribution in [0.4, 0.5) is 0 Å². The fourth-order valence-electron chi connectivity index (χ4n) is 3.69. The van der Waals surface area contributed by atoms with Crippen LogP contribution < -0.4 is 0 Å². The van der Waals surface area contributed by atoms with Crippen LogP contribution >= 0.6 is 0 Å². The van der Waals surface area contributed by atoms with Gasteiger partial charge in [0, 0.05) is 592 Å². The molecule has 0 aromatic rings. The zero-order chi connectivity index (χ0) is 85.4. The van der Waals surface area contributed by atoms with Crippen molar-refractivity contribution in [2.75, 3.05) is 0 Å². The summed E-state index contributed by atoms with van der Waals surface area (Å²) in [5.41, 5.74) is 0. The highest BCUT2D eigenvalue weighted by Crippen LogP contribution is 1.69. The van der Waals surface area contributed by atoms with Crippen LogP contribution in [0.1, 0.15) is 13.8 Å². The molecule has 0 saturated carbocycles. The van der Waals surface area contributed by atoms with E-state index in [0.29, 0.717) is 0 Å². The second kappa shape index (κ2) is 93.0. The molecular weight excluding hydrogens is 1440 g/mol. The molecule has 0 aliphatic carbocycles. The van der Waals surface area contributed by atoms with Gasteiger partial charge in [0.15, 0.2) is 0 Å². The molecule has 0 aromatic heterocycles. The van der Waals surface area contributed by atoms with Crippen molar-refractivity contribution < 1.29 is 0 Å². The van der Waals surface area contributed by atoms with Crippen molar-refractivity contribution in [2.24, 2.45) is 0 Å². The van der Waals surface area contributed by atoms with Crippen LogP contribution in [-0.2, 0) is 0 Å². The van der Waals surface area contributed by atoms with E-state index in [4.69, 9.17) is 0 Å². The van der Waals surface area contributed by atoms with Gasteiger partial charge in [0.1, 0.15) is 0 Å². The summed E-state index contributed by atoms with van der Waals surface area (Å²) in [5, 5.41) is 0. The summed E-state index contributed by atoms with van der Waals surface area (Å²) in [6.45, 7) is 3.36. The summed E-state index contributed by atoms with van der Waals surface area (Å²) in [6, 6.07) is 0. The van der Waals surface area contributed by atoms with Crippen molar-refractivity contribution in [3.05, 3.63) is 0 Å². The molecule has 0 N–H and O–H groups in total. The molecule has 0 rings (SSSR count). The van der Waals surface area contributed by atoms with Crippen molar-refractivity contribution in [1.82, 2.24) is 0 Å². The zero-order valence-corrected chi connectivity index (χ0v) is 61.0. The van der Waals surface area contributed by atoms with E-state index in [1.807, 2.05) is 0 Å². The molecule has 0 aromatic carbocycles. The Labute approximate surface area is 707 Å². The van der Waals surface area contributed by atoms with E-state index in [-0.39, 0.29) is 0 Å². The Morgan fingerprint density at radius 3 is 0.0917 bits per heavy atom. The van der Waals surface area contributed by atoms with Crippen molar-refractivity contribution in [1.29, 1.82) is 0 Å². The third kappa shape index (κ3) is 92.0. The van der Waals surface area contributed by atoms with E-state index >= 15 is 0 Å². The molecule has 0 heterocycles. The lowest BCUT2D eigenvalue weighted by Crippen LogP contribution is -1.57. The van der Waals surface area contributed by atoms with E-state index in [0.717, 1.165) is 0 Å². The van der Waals surface area contributed by atoms with Crippen molar-refractivity contribution in [3.63, 3.8) is 0 Å². The maximum Gasteiger partial charge on any atom is 0 e. The fourth-order valence-corrected chi connectivity index (χ4v) is 3.69. The molecule has 0 aliphatic heterocycles. The minimum atomic E-state index is 1.68. The number of hydrogen-bond donors (Lipinski definition) is 0. The Balaban J connectivity index is 4.65. The Kier molecular flexibility index (Phi) is 72.9. The predicted molar refractivity (Wildman–Crippen MR) is 470 cm³/mol. The van der Waals surface area contributed by atoms with Gasteiger partial charge in [-0.15, -0.1) is 0 Å². The standard InChI is InChI=1S/C120H6/c1-3-5-7-9-11-13-15-17-19-21-23-25-27-29-31-33-35-37-39-41-43-45-47-49-51-53-55-57-59-61-63-65-67-69-71-73-75-77-79-81-83-85-87-89-91-93-95-97-99-101-103-105-107-109-111-113-115-117-119-120-118-116-114-112-110-108-106-104-102-100-98-96-94-92-90-88-86-84-82-80-78-76-74-72-70-68-66-64-62-60-58-56-54-52-50-48-46-44-42-40-38-36-34-32-30-28-26-24-22-20-18-16-14-12-10-8-6-4-2/h1-2H3. The molecule has 0 atom stereocenters. The van der Waals surface area contributed by atoms with Crippen molar-refractivity contribution in [3.8, 4) is 699 Å². The average Bonchev–Trinajstić information content (AvgIpc) is 1.40. The minimum absolute atomic E-state index is 1.68. The summed E-state index contributed by atoms with van der Waals surface area (Å²) in [6.07, 6.45) is 0. The summed E-state index contributed by atoms with van der Waals surface area (Å²) >= 11 is 0. The lowest BCUT2D eigenvalue weighted by Gasteiger charge is -1.58. The van der Waals surface area contributed by atoms with E-state index in [9.17, 15) is 0 Å². The maximum atomic E-state index is 2.63. The molecule has 0 spiro atoms. The summed E-state index contributed by atoms with van der Waals surface area (Å²) in [7, 11) is 0. The van der Waals surface area contributed by atoms with Gasteiger partial charge in [0.2, 0.25) is 0 Å². The van der Waals surface area contributed by atoms with E-state index in [1.165, 1.54) is 0 Å². The second-order valence-electron chi connectivity index (χ2n) is 15.0. The highest BCUT2D eigenvalue weighted by Gasteiger charge is 1.69. The predicted octanol–water partition coefficient (Wildman–Crippen LogP) is 1.23. The van der Waals surface area contributed by atoms with E-state index < -0.39 is 0 Å². The van der Waals surface area contributed by atoms with Crippen LogP contribution in [0.2, 0.25) is 0 Å². The number of rotatable bonds is 0. The van der Waals surface area contributed by atoms with Gasteiger partial charge >= 0.3 is 0 Å². The van der Waals surface area contributed by atoms with Crippen LogP contribution in [0.15, 0.2) is 0 Å². The fraction of sp³-hybridized carbons (Fsp3) is 0.0167. The quantitative estimate of drug-likeness (QED) is 0.321. The van der Waals surface area contributed by atoms with Crippen LogP contribution in [0.3, 0.4) is 0 Å². The summed E-state index contributed by atoms with van der Waals surface area (Å²) < 4.78 is 0. The monoisotopic (exact) mass is 1450 g/mol. The molecule has 0 saturated heterocycles. The Morgan fingerprint density at radius 2 is 0.0667 bits per heavy atom. The van der Waals surface area contributed by atoms with Gasteiger partial charge in [-0.25, -0.2) is 0 Å². The number of hydrogen-bond acceptors (Lipinski definition) is 0. The lowest BCUT2D eigenvalue weighted by molar-refractivity contribution is 1.92. The first kappa shape index (κ1) is 94.0. The molecule has 0 bridgehead atoms. The van der Waals surface area contributed by atoms with Gasteiger partial charge in [0.05, 0.1) is 0 Å². The van der Waals surface area contributed by atoms with Gasteiger partial charge < -0.3 is 0 Å². The highest BCUT2D eigenvalue weighted by atomic mass is 13.7. The molecule has 0 heteroatoms. The normalized spacial score (nSPS) is 3.98. The first-order valence-electron chi connectivity index (χ1n) is 30.2. The molecule has 0 radical (unpaired) electrons. The van der Waals surface area contributed by atoms with Gasteiger partial charge in [-0.3, -0.25) is 0 Å². The average molecular weight is 1450 g/mol. The molecule has 0 amide bonds. The lowest BCUT2D eigenvalue weighted by atomic mass is 10.4. The van der Waals surface area contributed by atoms with Crippen LogP contribution in [0.5, 0.6) is 0 Å². The van der Waals surface area contributed by atoms with Gasteiger partial charge in [0.25, 0.3) is 0 Å². The summed E-state index contributed by atoms with van der Waals surface area (Å²) in [4.78, 5) is 0. The minimum Gasteiger partial charge on any atom is -0.0925 e. The van der Waals surface area contributed by atoms with Gasteiger partial charge in [-0.2, -0.15) is 0 Å². The van der Waals surface area contributed by atoms with Gasteiger partial charge in [-0.05, 0) is 109 Å². The molecular formula is C120H6. The first-order chi connectivity index (χ1) is 59.9. The molecule has 0 fully saturated rings. The molecule has 120 heavy (non-hydrogen) atoms. The summed E-state index contributed by atoms with van der Waals surface area (Å²) in [5.74, 6) is 296. The van der Waals surface area contributed by atoms with Crippen molar-refractivity contribution >= 4 is 0 Å². The topological polar surface area (TPSA) is 0 Å². The molecule has 0 nitrogen and oxygen atoms in total. The highest BCUT2D eigenvalue weighted by molar-refractivity contribution is 5.58. The SMILES string of the molecule is CC#CC#CC#CC#CC#CC#CC#CC#CC#CC#CC#CC#CC#CC#CC#CC#CC#CC#CC#CC#CC#CC#CC#CC#CC#CC#CC#CC#CC#CC#CC#CC#CC#CC#CC#CC#CC#CC#CC#CC#CC#CC#CC#CC#CC#CC#CC#CC#CC#CC#CC#CC#CC#CC#CC#CC#CC#CC#CC#CC. The largest absolute Gasteiger partial charge is 0.0925 e. The second-order valence-corrected chi connectivity index (χ2v) is 15.0. The van der Waals surface area contributed by atoms with E-state index in [2.05, 4.69) is 699 Å².